The zero-order chi connectivity index (χ0) is 22.1. The number of halogens is 14. The third kappa shape index (κ3) is 5.75. The molecule has 0 aromatic heterocycles. The van der Waals surface area contributed by atoms with Crippen LogP contribution in [0.25, 0.3) is 0 Å². The summed E-state index contributed by atoms with van der Waals surface area (Å²) in [6.07, 6.45) is -32.2. The summed E-state index contributed by atoms with van der Waals surface area (Å²) in [5, 5.41) is 0. The molecule has 0 rings (SSSR count). The fourth-order valence-corrected chi connectivity index (χ4v) is 2.28. The highest BCUT2D eigenvalue weighted by molar-refractivity contribution is 4.96. The summed E-state index contributed by atoms with van der Waals surface area (Å²) in [6, 6.07) is 0. The molecule has 1 atom stereocenters. The Bertz CT molecular complexity index is 437. The van der Waals surface area contributed by atoms with E-state index in [0.29, 0.717) is 6.92 Å². The maximum atomic E-state index is 13.5. The Morgan fingerprint density at radius 1 is 0.519 bits per heavy atom. The molecule has 0 spiro atoms. The summed E-state index contributed by atoms with van der Waals surface area (Å²) in [5.41, 5.74) is -11.1. The molecule has 1 unspecified atom stereocenters. The summed E-state index contributed by atoms with van der Waals surface area (Å²) in [6.45, 7) is 0.710. The second-order valence-corrected chi connectivity index (χ2v) is 6.15. The van der Waals surface area contributed by atoms with Crippen molar-refractivity contribution in [3.63, 3.8) is 0 Å². The predicted octanol–water partition coefficient (Wildman–Crippen LogP) is 7.24. The topological polar surface area (TPSA) is 0 Å². The van der Waals surface area contributed by atoms with Crippen molar-refractivity contribution in [1.29, 1.82) is 0 Å². The molecule has 14 heteroatoms. The second-order valence-electron chi connectivity index (χ2n) is 6.15. The average molecular weight is 436 g/mol. The molecule has 0 aliphatic rings. The molecule has 0 aromatic carbocycles. The van der Waals surface area contributed by atoms with Gasteiger partial charge >= 0.3 is 24.7 Å². The predicted molar refractivity (Wildman–Crippen MR) is 64.1 cm³/mol. The maximum Gasteiger partial charge on any atom is 0.431 e. The Kier molecular flexibility index (Phi) is 7.52. The molecule has 0 saturated heterocycles. The average Bonchev–Trinajstić information content (AvgIpc) is 2.38. The lowest BCUT2D eigenvalue weighted by molar-refractivity contribution is -0.346. The molecular weight excluding hydrogens is 422 g/mol. The standard InChI is InChI=1S/C13H14F14/c1-7(6-9(15,12(22,23)24)13(25,26)27)4-2-3-5-8(14,10(16,17)18)11(19,20)21/h7H,2-6H2,1H3. The number of alkyl halides is 14. The number of hydrogen-bond acceptors (Lipinski definition) is 0. The number of rotatable bonds is 7. The smallest absolute Gasteiger partial charge is 0.224 e. The van der Waals surface area contributed by atoms with E-state index in [-0.39, 0.29) is 0 Å². The summed E-state index contributed by atoms with van der Waals surface area (Å²) in [4.78, 5) is 0. The van der Waals surface area contributed by atoms with E-state index in [1.807, 2.05) is 0 Å². The zero-order valence-corrected chi connectivity index (χ0v) is 13.4. The van der Waals surface area contributed by atoms with Crippen LogP contribution in [0.2, 0.25) is 0 Å². The normalized spacial score (nSPS) is 16.6. The molecule has 0 radical (unpaired) electrons. The largest absolute Gasteiger partial charge is 0.431 e. The molecule has 0 aromatic rings. The van der Waals surface area contributed by atoms with Gasteiger partial charge < -0.3 is 0 Å². The van der Waals surface area contributed by atoms with Gasteiger partial charge in [0.1, 0.15) is 0 Å². The number of hydrogen-bond donors (Lipinski definition) is 0. The van der Waals surface area contributed by atoms with Gasteiger partial charge in [0.2, 0.25) is 0 Å². The highest BCUT2D eigenvalue weighted by Gasteiger charge is 2.73. The summed E-state index contributed by atoms with van der Waals surface area (Å²) < 4.78 is 175. The van der Waals surface area contributed by atoms with Crippen LogP contribution in [0.1, 0.15) is 39.0 Å². The molecule has 0 bridgehead atoms. The van der Waals surface area contributed by atoms with Gasteiger partial charge in [0.05, 0.1) is 0 Å². The molecule has 27 heavy (non-hydrogen) atoms. The van der Waals surface area contributed by atoms with Crippen LogP contribution in [0.3, 0.4) is 0 Å². The first-order valence-corrected chi connectivity index (χ1v) is 7.25. The van der Waals surface area contributed by atoms with E-state index in [9.17, 15) is 61.5 Å². The number of unbranched alkanes of at least 4 members (excludes halogenated alkanes) is 1. The van der Waals surface area contributed by atoms with Gasteiger partial charge in [-0.2, -0.15) is 52.7 Å². The van der Waals surface area contributed by atoms with Crippen LogP contribution in [0.5, 0.6) is 0 Å². The molecule has 164 valence electrons. The molecule has 0 heterocycles. The van der Waals surface area contributed by atoms with Crippen LogP contribution in [0.15, 0.2) is 0 Å². The summed E-state index contributed by atoms with van der Waals surface area (Å²) in [7, 11) is 0. The molecule has 0 nitrogen and oxygen atoms in total. The first-order chi connectivity index (χ1) is 11.6. The molecule has 0 amide bonds. The van der Waals surface area contributed by atoms with Crippen LogP contribution in [-0.4, -0.2) is 36.0 Å². The van der Waals surface area contributed by atoms with Gasteiger partial charge in [-0.05, 0) is 18.8 Å². The lowest BCUT2D eigenvalue weighted by Gasteiger charge is -2.32. The first kappa shape index (κ1) is 26.0. The van der Waals surface area contributed by atoms with Crippen molar-refractivity contribution in [1.82, 2.24) is 0 Å². The van der Waals surface area contributed by atoms with Gasteiger partial charge in [0.25, 0.3) is 11.3 Å². The van der Waals surface area contributed by atoms with E-state index in [2.05, 4.69) is 0 Å². The van der Waals surface area contributed by atoms with Gasteiger partial charge in [-0.15, -0.1) is 0 Å². The van der Waals surface area contributed by atoms with E-state index in [4.69, 9.17) is 0 Å². The monoisotopic (exact) mass is 436 g/mol. The third-order valence-electron chi connectivity index (χ3n) is 3.90. The van der Waals surface area contributed by atoms with E-state index < -0.39 is 74.1 Å². The quantitative estimate of drug-likeness (QED) is 0.292. The van der Waals surface area contributed by atoms with Crippen LogP contribution < -0.4 is 0 Å². The molecule has 0 saturated carbocycles. The van der Waals surface area contributed by atoms with E-state index in [1.54, 1.807) is 0 Å². The maximum absolute atomic E-state index is 13.5. The van der Waals surface area contributed by atoms with Crippen LogP contribution in [0.4, 0.5) is 61.5 Å². The SMILES string of the molecule is CC(CCCCC(F)(C(F)(F)F)C(F)(F)F)CC(F)(C(F)(F)F)C(F)(F)F. The second kappa shape index (κ2) is 7.80. The lowest BCUT2D eigenvalue weighted by atomic mass is 9.87. The Morgan fingerprint density at radius 3 is 1.15 bits per heavy atom. The lowest BCUT2D eigenvalue weighted by Crippen LogP contribution is -2.54. The van der Waals surface area contributed by atoms with E-state index in [0.717, 1.165) is 0 Å². The summed E-state index contributed by atoms with van der Waals surface area (Å²) in [5.74, 6) is -1.70. The Morgan fingerprint density at radius 2 is 0.852 bits per heavy atom. The minimum absolute atomic E-state index is 0.710. The van der Waals surface area contributed by atoms with Crippen molar-refractivity contribution in [3.8, 4) is 0 Å². The summed E-state index contributed by atoms with van der Waals surface area (Å²) >= 11 is 0. The van der Waals surface area contributed by atoms with E-state index in [1.165, 1.54) is 0 Å². The van der Waals surface area contributed by atoms with Gasteiger partial charge in [0, 0.05) is 6.42 Å². The third-order valence-corrected chi connectivity index (χ3v) is 3.90. The molecule has 0 aliphatic carbocycles. The highest BCUT2D eigenvalue weighted by atomic mass is 19.4. The Balaban J connectivity index is 4.92. The van der Waals surface area contributed by atoms with Crippen molar-refractivity contribution in [2.75, 3.05) is 0 Å². The van der Waals surface area contributed by atoms with Crippen LogP contribution >= 0.6 is 0 Å². The Hall–Kier alpha value is -0.980. The van der Waals surface area contributed by atoms with Crippen molar-refractivity contribution < 1.29 is 61.5 Å². The van der Waals surface area contributed by atoms with Gasteiger partial charge in [-0.25, -0.2) is 8.78 Å². The highest BCUT2D eigenvalue weighted by Crippen LogP contribution is 2.51. The van der Waals surface area contributed by atoms with Gasteiger partial charge in [-0.1, -0.05) is 19.8 Å². The zero-order valence-electron chi connectivity index (χ0n) is 13.4. The Labute approximate surface area is 143 Å². The molecule has 0 aliphatic heterocycles. The fraction of sp³-hybridized carbons (Fsp3) is 1.00. The van der Waals surface area contributed by atoms with Gasteiger partial charge in [-0.3, -0.25) is 0 Å². The molecule has 0 N–H and O–H groups in total. The molecule has 0 fully saturated rings. The minimum Gasteiger partial charge on any atom is -0.224 e. The van der Waals surface area contributed by atoms with Gasteiger partial charge in [0.15, 0.2) is 0 Å². The van der Waals surface area contributed by atoms with Crippen molar-refractivity contribution in [3.05, 3.63) is 0 Å². The fourth-order valence-electron chi connectivity index (χ4n) is 2.28. The van der Waals surface area contributed by atoms with Crippen molar-refractivity contribution >= 4 is 0 Å². The van der Waals surface area contributed by atoms with Crippen molar-refractivity contribution in [2.24, 2.45) is 5.92 Å². The minimum atomic E-state index is -6.32. The first-order valence-electron chi connectivity index (χ1n) is 7.25. The van der Waals surface area contributed by atoms with Crippen molar-refractivity contribution in [2.45, 2.75) is 75.1 Å². The van der Waals surface area contributed by atoms with Crippen LogP contribution in [-0.2, 0) is 0 Å². The van der Waals surface area contributed by atoms with Crippen LogP contribution in [0, 0.1) is 5.92 Å². The molecular formula is C13H14F14. The van der Waals surface area contributed by atoms with E-state index >= 15 is 0 Å².